The maximum absolute atomic E-state index is 2.45. The van der Waals surface area contributed by atoms with E-state index >= 15 is 0 Å². The van der Waals surface area contributed by atoms with Crippen LogP contribution in [0.1, 0.15) is 0 Å². The van der Waals surface area contributed by atoms with Gasteiger partial charge in [0.15, 0.2) is 0 Å². The van der Waals surface area contributed by atoms with Crippen molar-refractivity contribution < 1.29 is 0 Å². The molecule has 2 heteroatoms. The van der Waals surface area contributed by atoms with Crippen LogP contribution in [-0.2, 0) is 0 Å². The third-order valence-corrected chi connectivity index (χ3v) is 13.0. The highest BCUT2D eigenvalue weighted by Crippen LogP contribution is 2.47. The van der Waals surface area contributed by atoms with Crippen molar-refractivity contribution in [1.29, 1.82) is 0 Å². The maximum Gasteiger partial charge on any atom is 0.0541 e. The number of hydrogen-bond donors (Lipinski definition) is 0. The summed E-state index contributed by atoms with van der Waals surface area (Å²) < 4.78 is 2.43. The van der Waals surface area contributed by atoms with Crippen LogP contribution in [0.4, 0.5) is 17.1 Å². The molecule has 2 nitrogen and oxygen atoms in total. The van der Waals surface area contributed by atoms with E-state index in [1.165, 1.54) is 54.8 Å². The highest BCUT2D eigenvalue weighted by atomic mass is 15.1. The van der Waals surface area contributed by atoms with Gasteiger partial charge in [0.05, 0.1) is 28.1 Å². The van der Waals surface area contributed by atoms with Crippen molar-refractivity contribution in [2.75, 3.05) is 4.90 Å². The van der Waals surface area contributed by atoms with Crippen LogP contribution in [0.2, 0.25) is 0 Å². The van der Waals surface area contributed by atoms with Crippen molar-refractivity contribution in [3.05, 3.63) is 267 Å². The fourth-order valence-electron chi connectivity index (χ4n) is 9.90. The summed E-state index contributed by atoms with van der Waals surface area (Å²) in [5.41, 5.74) is 18.5. The van der Waals surface area contributed by atoms with E-state index in [4.69, 9.17) is 0 Å². The first-order valence-electron chi connectivity index (χ1n) is 22.7. The minimum Gasteiger partial charge on any atom is -0.309 e. The van der Waals surface area contributed by atoms with Crippen molar-refractivity contribution in [2.45, 2.75) is 0 Å². The Balaban J connectivity index is 1.04. The van der Waals surface area contributed by atoms with Gasteiger partial charge in [-0.2, -0.15) is 0 Å². The van der Waals surface area contributed by atoms with E-state index in [2.05, 4.69) is 276 Å². The van der Waals surface area contributed by atoms with E-state index in [1.54, 1.807) is 0 Å². The first kappa shape index (κ1) is 38.9. The van der Waals surface area contributed by atoms with Gasteiger partial charge in [0.1, 0.15) is 0 Å². The molecular weight excluding hydrogens is 797 g/mol. The predicted octanol–water partition coefficient (Wildman–Crippen LogP) is 17.7. The van der Waals surface area contributed by atoms with Gasteiger partial charge < -0.3 is 9.47 Å². The average Bonchev–Trinajstić information content (AvgIpc) is 3.74. The number of hydrogen-bond acceptors (Lipinski definition) is 1. The van der Waals surface area contributed by atoms with Gasteiger partial charge in [-0.1, -0.05) is 218 Å². The number of rotatable bonds is 9. The molecule has 0 saturated heterocycles. The Bertz CT molecular complexity index is 3620. The molecule has 0 amide bonds. The average molecular weight is 841 g/mol. The third-order valence-electron chi connectivity index (χ3n) is 13.0. The highest BCUT2D eigenvalue weighted by Gasteiger charge is 2.23. The van der Waals surface area contributed by atoms with Gasteiger partial charge >= 0.3 is 0 Å². The topological polar surface area (TPSA) is 8.17 Å². The lowest BCUT2D eigenvalue weighted by Gasteiger charge is -2.30. The van der Waals surface area contributed by atoms with Crippen LogP contribution in [0.15, 0.2) is 267 Å². The first-order valence-corrected chi connectivity index (χ1v) is 22.7. The van der Waals surface area contributed by atoms with Crippen molar-refractivity contribution >= 4 is 49.6 Å². The summed E-state index contributed by atoms with van der Waals surface area (Å²) in [6, 6.07) is 97.0. The van der Waals surface area contributed by atoms with Gasteiger partial charge in [-0.05, 0) is 98.2 Å². The molecule has 0 bridgehead atoms. The van der Waals surface area contributed by atoms with Crippen LogP contribution < -0.4 is 4.90 Å². The van der Waals surface area contributed by atoms with Gasteiger partial charge in [-0.25, -0.2) is 0 Å². The van der Waals surface area contributed by atoms with Gasteiger partial charge in [0, 0.05) is 33.2 Å². The minimum atomic E-state index is 1.07. The number of fused-ring (bicyclic) bond motifs is 4. The first-order chi connectivity index (χ1) is 32.8. The van der Waals surface area contributed by atoms with Crippen LogP contribution in [0.25, 0.3) is 93.9 Å². The molecule has 12 rings (SSSR count). The second kappa shape index (κ2) is 16.8. The zero-order valence-electron chi connectivity index (χ0n) is 36.3. The Kier molecular flexibility index (Phi) is 9.89. The fourth-order valence-corrected chi connectivity index (χ4v) is 9.90. The van der Waals surface area contributed by atoms with Crippen molar-refractivity contribution in [3.63, 3.8) is 0 Å². The predicted molar refractivity (Wildman–Crippen MR) is 280 cm³/mol. The molecular formula is C64H44N2. The monoisotopic (exact) mass is 840 g/mol. The molecule has 0 atom stereocenters. The number of anilines is 3. The van der Waals surface area contributed by atoms with Crippen LogP contribution >= 0.6 is 0 Å². The molecule has 1 heterocycles. The normalized spacial score (nSPS) is 11.3. The molecule has 0 aliphatic carbocycles. The summed E-state index contributed by atoms with van der Waals surface area (Å²) in [6.45, 7) is 0. The van der Waals surface area contributed by atoms with E-state index < -0.39 is 0 Å². The molecule has 0 spiro atoms. The standard InChI is InChI=1S/C64H44N2/c1-3-18-45(19-4-1)46-38-41-52(42-39-46)65(60-30-13-9-25-55(60)50-36-34-49(35-37-50)54-29-17-23-47-22-7-8-24-53(47)54)64-43-40-51(44-59(64)48-20-5-2-6-21-48)56-26-10-14-31-61(56)66-62-32-15-11-27-57(62)58-28-12-16-33-63(58)66/h1-44H. The number of benzene rings is 11. The number of aromatic nitrogens is 1. The molecule has 0 saturated carbocycles. The Labute approximate surface area is 385 Å². The molecule has 11 aromatic carbocycles. The summed E-state index contributed by atoms with van der Waals surface area (Å²) in [4.78, 5) is 2.45. The Hall–Kier alpha value is -8.72. The van der Waals surface area contributed by atoms with E-state index in [0.717, 1.165) is 56.1 Å². The van der Waals surface area contributed by atoms with Crippen molar-refractivity contribution in [1.82, 2.24) is 4.57 Å². The third kappa shape index (κ3) is 6.93. The molecule has 0 aliphatic rings. The second-order valence-electron chi connectivity index (χ2n) is 16.9. The van der Waals surface area contributed by atoms with Crippen LogP contribution in [0.5, 0.6) is 0 Å². The maximum atomic E-state index is 2.45. The minimum absolute atomic E-state index is 1.07. The van der Waals surface area contributed by atoms with E-state index in [9.17, 15) is 0 Å². The summed E-state index contributed by atoms with van der Waals surface area (Å²) in [5, 5.41) is 5.00. The molecule has 66 heavy (non-hydrogen) atoms. The van der Waals surface area contributed by atoms with Crippen LogP contribution in [0.3, 0.4) is 0 Å². The molecule has 0 aliphatic heterocycles. The van der Waals surface area contributed by atoms with Crippen molar-refractivity contribution in [2.24, 2.45) is 0 Å². The van der Waals surface area contributed by atoms with E-state index in [0.29, 0.717) is 0 Å². The molecule has 0 radical (unpaired) electrons. The molecule has 0 fully saturated rings. The Morgan fingerprint density at radius 1 is 0.258 bits per heavy atom. The van der Waals surface area contributed by atoms with Crippen LogP contribution in [0, 0.1) is 0 Å². The molecule has 0 unspecified atom stereocenters. The lowest BCUT2D eigenvalue weighted by Crippen LogP contribution is -2.12. The van der Waals surface area contributed by atoms with Gasteiger partial charge in [0.2, 0.25) is 0 Å². The summed E-state index contributed by atoms with van der Waals surface area (Å²) in [6.07, 6.45) is 0. The smallest absolute Gasteiger partial charge is 0.0541 e. The molecule has 12 aromatic rings. The largest absolute Gasteiger partial charge is 0.309 e. The quantitative estimate of drug-likeness (QED) is 0.141. The zero-order chi connectivity index (χ0) is 43.8. The SMILES string of the molecule is c1ccc(-c2ccc(N(c3ccccc3-c3ccc(-c4cccc5ccccc45)cc3)c3ccc(-c4ccccc4-n4c5ccccc5c5ccccc54)cc3-c3ccccc3)cc2)cc1. The fraction of sp³-hybridized carbons (Fsp3) is 0. The summed E-state index contributed by atoms with van der Waals surface area (Å²) in [5.74, 6) is 0. The molecule has 1 aromatic heterocycles. The van der Waals surface area contributed by atoms with E-state index in [-0.39, 0.29) is 0 Å². The van der Waals surface area contributed by atoms with Crippen molar-refractivity contribution in [3.8, 4) is 61.3 Å². The number of para-hydroxylation sites is 4. The zero-order valence-corrected chi connectivity index (χ0v) is 36.3. The lowest BCUT2D eigenvalue weighted by atomic mass is 9.93. The van der Waals surface area contributed by atoms with Gasteiger partial charge in [-0.15, -0.1) is 0 Å². The molecule has 310 valence electrons. The second-order valence-corrected chi connectivity index (χ2v) is 16.9. The van der Waals surface area contributed by atoms with Crippen LogP contribution in [-0.4, -0.2) is 4.57 Å². The Morgan fingerprint density at radius 2 is 0.712 bits per heavy atom. The number of nitrogens with zero attached hydrogens (tertiary/aromatic N) is 2. The Morgan fingerprint density at radius 3 is 1.42 bits per heavy atom. The van der Waals surface area contributed by atoms with Gasteiger partial charge in [0.25, 0.3) is 0 Å². The lowest BCUT2D eigenvalue weighted by molar-refractivity contribution is 1.18. The van der Waals surface area contributed by atoms with Gasteiger partial charge in [-0.3, -0.25) is 0 Å². The summed E-state index contributed by atoms with van der Waals surface area (Å²) in [7, 11) is 0. The molecule has 0 N–H and O–H groups in total. The van der Waals surface area contributed by atoms with E-state index in [1.807, 2.05) is 0 Å². The summed E-state index contributed by atoms with van der Waals surface area (Å²) >= 11 is 0. The highest BCUT2D eigenvalue weighted by molar-refractivity contribution is 6.10.